The molecule has 3 aromatic rings. The normalized spacial score (nSPS) is 17.8. The van der Waals surface area contributed by atoms with Gasteiger partial charge < -0.3 is 20.1 Å². The zero-order valence-electron chi connectivity index (χ0n) is 19.6. The first-order valence-corrected chi connectivity index (χ1v) is 11.8. The van der Waals surface area contributed by atoms with Gasteiger partial charge in [-0.2, -0.15) is 0 Å². The second-order valence-electron chi connectivity index (χ2n) is 8.51. The SMILES string of the molecule is CCc1ccccc1NC(=O)CCN1C(=S)N[C@H](c2ccccn2)[C@@H]1c1cc(C)n(C)c1C. The van der Waals surface area contributed by atoms with Crippen molar-refractivity contribution < 1.29 is 4.79 Å². The monoisotopic (exact) mass is 461 g/mol. The summed E-state index contributed by atoms with van der Waals surface area (Å²) in [5.74, 6) is -0.0142. The van der Waals surface area contributed by atoms with Crippen LogP contribution in [0.15, 0.2) is 54.7 Å². The van der Waals surface area contributed by atoms with Crippen molar-refractivity contribution in [2.24, 2.45) is 7.05 Å². The van der Waals surface area contributed by atoms with Gasteiger partial charge in [-0.25, -0.2) is 0 Å². The Morgan fingerprint density at radius 3 is 2.61 bits per heavy atom. The maximum atomic E-state index is 12.8. The molecule has 2 aromatic heterocycles. The molecule has 2 atom stereocenters. The topological polar surface area (TPSA) is 62.2 Å². The predicted molar refractivity (Wildman–Crippen MR) is 136 cm³/mol. The van der Waals surface area contributed by atoms with Gasteiger partial charge in [0.2, 0.25) is 5.91 Å². The molecule has 0 unspecified atom stereocenters. The van der Waals surface area contributed by atoms with Crippen LogP contribution in [0.2, 0.25) is 0 Å². The van der Waals surface area contributed by atoms with Crippen LogP contribution in [-0.4, -0.2) is 32.0 Å². The number of hydrogen-bond donors (Lipinski definition) is 2. The lowest BCUT2D eigenvalue weighted by molar-refractivity contribution is -0.116. The summed E-state index contributed by atoms with van der Waals surface area (Å²) >= 11 is 5.75. The summed E-state index contributed by atoms with van der Waals surface area (Å²) in [6.45, 7) is 6.85. The number of carbonyl (C=O) groups excluding carboxylic acids is 1. The summed E-state index contributed by atoms with van der Waals surface area (Å²) in [5, 5.41) is 7.20. The van der Waals surface area contributed by atoms with Crippen LogP contribution in [0.5, 0.6) is 0 Å². The van der Waals surface area contributed by atoms with Gasteiger partial charge in [-0.05, 0) is 67.9 Å². The fourth-order valence-electron chi connectivity index (χ4n) is 4.55. The first-order chi connectivity index (χ1) is 15.9. The van der Waals surface area contributed by atoms with E-state index in [9.17, 15) is 4.79 Å². The van der Waals surface area contributed by atoms with Gasteiger partial charge in [-0.15, -0.1) is 0 Å². The number of amides is 1. The minimum atomic E-state index is -0.0805. The van der Waals surface area contributed by atoms with Crippen molar-refractivity contribution in [3.63, 3.8) is 0 Å². The van der Waals surface area contributed by atoms with Crippen molar-refractivity contribution in [3.05, 3.63) is 82.9 Å². The number of carbonyl (C=O) groups is 1. The Balaban J connectivity index is 1.58. The molecule has 0 bridgehead atoms. The van der Waals surface area contributed by atoms with Gasteiger partial charge >= 0.3 is 0 Å². The van der Waals surface area contributed by atoms with Gasteiger partial charge in [0, 0.05) is 43.3 Å². The highest BCUT2D eigenvalue weighted by Gasteiger charge is 2.41. The Morgan fingerprint density at radius 1 is 1.18 bits per heavy atom. The van der Waals surface area contributed by atoms with E-state index < -0.39 is 0 Å². The first-order valence-electron chi connectivity index (χ1n) is 11.4. The number of para-hydroxylation sites is 1. The highest BCUT2D eigenvalue weighted by molar-refractivity contribution is 7.80. The van der Waals surface area contributed by atoms with Gasteiger partial charge in [0.25, 0.3) is 0 Å². The summed E-state index contributed by atoms with van der Waals surface area (Å²) in [6, 6.07) is 16.0. The van der Waals surface area contributed by atoms with Crippen LogP contribution in [0.1, 0.15) is 53.6 Å². The number of thiocarbonyl (C=S) groups is 1. The van der Waals surface area contributed by atoms with Crippen molar-refractivity contribution in [1.29, 1.82) is 0 Å². The third-order valence-electron chi connectivity index (χ3n) is 6.58. The predicted octanol–water partition coefficient (Wildman–Crippen LogP) is 4.60. The van der Waals surface area contributed by atoms with Gasteiger partial charge in [-0.1, -0.05) is 31.2 Å². The van der Waals surface area contributed by atoms with Crippen molar-refractivity contribution in [1.82, 2.24) is 19.8 Å². The van der Waals surface area contributed by atoms with E-state index in [-0.39, 0.29) is 18.0 Å². The molecule has 0 spiro atoms. The highest BCUT2D eigenvalue weighted by Crippen LogP contribution is 2.40. The van der Waals surface area contributed by atoms with Crippen LogP contribution in [0.4, 0.5) is 5.69 Å². The Hall–Kier alpha value is -3.19. The molecule has 1 aliphatic rings. The number of aromatic nitrogens is 2. The standard InChI is InChI=1S/C26H31N5OS/c1-5-19-10-6-7-11-21(19)28-23(32)13-15-31-25(20-16-17(2)30(4)18(20)3)24(29-26(31)33)22-12-8-9-14-27-22/h6-12,14,16,24-25H,5,13,15H2,1-4H3,(H,28,32)(H,29,33)/t24-,25+/m1/s1. The molecule has 6 nitrogen and oxygen atoms in total. The molecule has 0 aliphatic carbocycles. The zero-order chi connectivity index (χ0) is 23.5. The quantitative estimate of drug-likeness (QED) is 0.504. The van der Waals surface area contributed by atoms with Crippen molar-refractivity contribution in [2.75, 3.05) is 11.9 Å². The number of hydrogen-bond acceptors (Lipinski definition) is 3. The Morgan fingerprint density at radius 2 is 1.94 bits per heavy atom. The number of nitrogens with one attached hydrogen (secondary N) is 2. The van der Waals surface area contributed by atoms with Crippen LogP contribution in [-0.2, 0) is 18.3 Å². The van der Waals surface area contributed by atoms with E-state index in [0.717, 1.165) is 23.4 Å². The number of anilines is 1. The second kappa shape index (κ2) is 9.75. The van der Waals surface area contributed by atoms with E-state index in [0.29, 0.717) is 18.1 Å². The highest BCUT2D eigenvalue weighted by atomic mass is 32.1. The fraction of sp³-hybridized carbons (Fsp3) is 0.346. The zero-order valence-corrected chi connectivity index (χ0v) is 20.4. The van der Waals surface area contributed by atoms with Gasteiger partial charge in [0.15, 0.2) is 5.11 Å². The van der Waals surface area contributed by atoms with E-state index in [4.69, 9.17) is 12.2 Å². The average Bonchev–Trinajstić information content (AvgIpc) is 3.29. The second-order valence-corrected chi connectivity index (χ2v) is 8.90. The molecule has 4 rings (SSSR count). The molecule has 1 aliphatic heterocycles. The summed E-state index contributed by atoms with van der Waals surface area (Å²) in [4.78, 5) is 19.6. The maximum Gasteiger partial charge on any atom is 0.226 e. The lowest BCUT2D eigenvalue weighted by atomic mass is 9.96. The lowest BCUT2D eigenvalue weighted by Crippen LogP contribution is -2.33. The van der Waals surface area contributed by atoms with Gasteiger partial charge in [0.1, 0.15) is 0 Å². The summed E-state index contributed by atoms with van der Waals surface area (Å²) in [6.07, 6.45) is 3.02. The number of rotatable bonds is 7. The Kier molecular flexibility index (Phi) is 6.79. The number of benzene rings is 1. The third kappa shape index (κ3) is 4.64. The molecule has 1 saturated heterocycles. The molecule has 0 saturated carbocycles. The largest absolute Gasteiger partial charge is 0.352 e. The summed E-state index contributed by atoms with van der Waals surface area (Å²) in [5.41, 5.74) is 6.53. The smallest absolute Gasteiger partial charge is 0.226 e. The van der Waals surface area contributed by atoms with Crippen molar-refractivity contribution in [2.45, 2.75) is 45.7 Å². The molecule has 7 heteroatoms. The average molecular weight is 462 g/mol. The Labute approximate surface area is 201 Å². The molecule has 1 aromatic carbocycles. The fourth-order valence-corrected chi connectivity index (χ4v) is 4.89. The van der Waals surface area contributed by atoms with E-state index in [2.05, 4.69) is 59.0 Å². The minimum Gasteiger partial charge on any atom is -0.352 e. The van der Waals surface area contributed by atoms with E-state index in [1.54, 1.807) is 0 Å². The van der Waals surface area contributed by atoms with E-state index in [1.807, 2.05) is 48.7 Å². The van der Waals surface area contributed by atoms with Crippen LogP contribution in [0.25, 0.3) is 0 Å². The number of pyridine rings is 1. The van der Waals surface area contributed by atoms with Crippen molar-refractivity contribution in [3.8, 4) is 0 Å². The lowest BCUT2D eigenvalue weighted by Gasteiger charge is -2.28. The molecular formula is C26H31N5OS. The maximum absolute atomic E-state index is 12.8. The number of nitrogens with zero attached hydrogens (tertiary/aromatic N) is 3. The molecule has 2 N–H and O–H groups in total. The summed E-state index contributed by atoms with van der Waals surface area (Å²) in [7, 11) is 2.08. The number of aryl methyl sites for hydroxylation is 2. The van der Waals surface area contributed by atoms with Crippen molar-refractivity contribution >= 4 is 28.9 Å². The van der Waals surface area contributed by atoms with E-state index in [1.165, 1.54) is 17.0 Å². The van der Waals surface area contributed by atoms with Gasteiger partial charge in [-0.3, -0.25) is 9.78 Å². The molecule has 172 valence electrons. The molecule has 1 fully saturated rings. The molecule has 0 radical (unpaired) electrons. The van der Waals surface area contributed by atoms with Crippen LogP contribution in [0.3, 0.4) is 0 Å². The minimum absolute atomic E-state index is 0.0142. The third-order valence-corrected chi connectivity index (χ3v) is 6.94. The molecule has 1 amide bonds. The summed E-state index contributed by atoms with van der Waals surface area (Å²) < 4.78 is 2.19. The van der Waals surface area contributed by atoms with Crippen LogP contribution < -0.4 is 10.6 Å². The van der Waals surface area contributed by atoms with Gasteiger partial charge in [0.05, 0.1) is 17.8 Å². The van der Waals surface area contributed by atoms with E-state index >= 15 is 0 Å². The molecule has 33 heavy (non-hydrogen) atoms. The Bertz CT molecular complexity index is 1160. The van der Waals surface area contributed by atoms with Crippen LogP contribution in [0, 0.1) is 13.8 Å². The molecule has 3 heterocycles. The first kappa shape index (κ1) is 23.0. The van der Waals surface area contributed by atoms with Crippen LogP contribution >= 0.6 is 12.2 Å². The molecular weight excluding hydrogens is 430 g/mol.